The Morgan fingerprint density at radius 1 is 0.941 bits per heavy atom. The summed E-state index contributed by atoms with van der Waals surface area (Å²) in [5, 5.41) is 15.8. The molecule has 9 nitrogen and oxygen atoms in total. The molecule has 0 spiro atoms. The van der Waals surface area contributed by atoms with Crippen LogP contribution in [0.15, 0.2) is 48.5 Å². The van der Waals surface area contributed by atoms with Crippen molar-refractivity contribution >= 4 is 23.9 Å². The highest BCUT2D eigenvalue weighted by Crippen LogP contribution is 2.44. The van der Waals surface area contributed by atoms with E-state index >= 15 is 0 Å². The monoisotopic (exact) mass is 467 g/mol. The number of aliphatic carboxylic acids is 1. The number of hydrogen-bond acceptors (Lipinski definition) is 5. The van der Waals surface area contributed by atoms with Crippen LogP contribution in [0.5, 0.6) is 0 Å². The maximum atomic E-state index is 12.6. The Labute approximate surface area is 197 Å². The van der Waals surface area contributed by atoms with Gasteiger partial charge in [0.2, 0.25) is 11.8 Å². The number of benzene rings is 2. The molecule has 0 saturated carbocycles. The molecule has 1 atom stereocenters. The summed E-state index contributed by atoms with van der Waals surface area (Å²) in [5.41, 5.74) is 4.41. The number of alkyl carbamates (subject to hydrolysis) is 1. The lowest BCUT2D eigenvalue weighted by Crippen LogP contribution is -2.49. The number of carbonyl (C=O) groups excluding carboxylic acids is 3. The Kier molecular flexibility index (Phi) is 8.61. The number of amides is 3. The van der Waals surface area contributed by atoms with Crippen LogP contribution >= 0.6 is 0 Å². The lowest BCUT2D eigenvalue weighted by atomic mass is 9.98. The zero-order chi connectivity index (χ0) is 24.5. The van der Waals surface area contributed by atoms with E-state index in [-0.39, 0.29) is 19.1 Å². The average molecular weight is 468 g/mol. The number of ether oxygens (including phenoxy) is 1. The van der Waals surface area contributed by atoms with E-state index in [1.807, 2.05) is 55.5 Å². The summed E-state index contributed by atoms with van der Waals surface area (Å²) in [5.74, 6) is -2.45. The van der Waals surface area contributed by atoms with Gasteiger partial charge in [-0.2, -0.15) is 0 Å². The maximum Gasteiger partial charge on any atom is 0.407 e. The first-order valence-electron chi connectivity index (χ1n) is 11.3. The van der Waals surface area contributed by atoms with E-state index in [1.165, 1.54) is 0 Å². The van der Waals surface area contributed by atoms with Gasteiger partial charge in [-0.1, -0.05) is 68.3 Å². The van der Waals surface area contributed by atoms with Crippen molar-refractivity contribution in [1.29, 1.82) is 0 Å². The van der Waals surface area contributed by atoms with Gasteiger partial charge >= 0.3 is 12.1 Å². The van der Waals surface area contributed by atoms with Gasteiger partial charge in [0.25, 0.3) is 0 Å². The first-order valence-corrected chi connectivity index (χ1v) is 11.3. The summed E-state index contributed by atoms with van der Waals surface area (Å²) in [6.45, 7) is 1.16. The number of unbranched alkanes of at least 4 members (excludes halogenated alkanes) is 1. The molecule has 9 heteroatoms. The molecule has 1 aliphatic rings. The maximum absolute atomic E-state index is 12.6. The van der Waals surface area contributed by atoms with Crippen LogP contribution in [-0.2, 0) is 19.1 Å². The van der Waals surface area contributed by atoms with Gasteiger partial charge in [-0.3, -0.25) is 14.4 Å². The molecule has 0 fully saturated rings. The van der Waals surface area contributed by atoms with Crippen molar-refractivity contribution in [3.05, 3.63) is 59.7 Å². The van der Waals surface area contributed by atoms with Gasteiger partial charge in [-0.05, 0) is 28.7 Å². The van der Waals surface area contributed by atoms with Crippen LogP contribution in [0.25, 0.3) is 11.1 Å². The second-order valence-electron chi connectivity index (χ2n) is 8.05. The molecule has 2 aromatic rings. The predicted molar refractivity (Wildman–Crippen MR) is 125 cm³/mol. The fourth-order valence-corrected chi connectivity index (χ4v) is 3.99. The Morgan fingerprint density at radius 2 is 1.56 bits per heavy atom. The third-order valence-corrected chi connectivity index (χ3v) is 5.66. The van der Waals surface area contributed by atoms with E-state index in [1.54, 1.807) is 0 Å². The second kappa shape index (κ2) is 11.8. The molecule has 34 heavy (non-hydrogen) atoms. The molecular weight excluding hydrogens is 438 g/mol. The van der Waals surface area contributed by atoms with Crippen LogP contribution in [0.3, 0.4) is 0 Å². The number of carboxylic acid groups (broad SMARTS) is 1. The summed E-state index contributed by atoms with van der Waals surface area (Å²) in [7, 11) is 0. The fraction of sp³-hybridized carbons (Fsp3) is 0.360. The molecule has 4 N–H and O–H groups in total. The molecular formula is C25H29N3O6. The quantitative estimate of drug-likeness (QED) is 0.401. The number of hydrogen-bond donors (Lipinski definition) is 4. The van der Waals surface area contributed by atoms with Crippen LogP contribution in [0.1, 0.15) is 43.2 Å². The van der Waals surface area contributed by atoms with Gasteiger partial charge in [0.15, 0.2) is 0 Å². The van der Waals surface area contributed by atoms with E-state index in [9.17, 15) is 19.2 Å². The van der Waals surface area contributed by atoms with Crippen molar-refractivity contribution in [2.24, 2.45) is 0 Å². The predicted octanol–water partition coefficient (Wildman–Crippen LogP) is 2.40. The summed E-state index contributed by atoms with van der Waals surface area (Å²) in [4.78, 5) is 47.3. The molecule has 0 saturated heterocycles. The van der Waals surface area contributed by atoms with Gasteiger partial charge in [0.1, 0.15) is 19.2 Å². The van der Waals surface area contributed by atoms with Gasteiger partial charge in [-0.25, -0.2) is 4.79 Å². The number of carboxylic acids is 1. The third kappa shape index (κ3) is 6.34. The molecule has 0 radical (unpaired) electrons. The molecule has 0 aromatic heterocycles. The van der Waals surface area contributed by atoms with Crippen molar-refractivity contribution in [1.82, 2.24) is 16.0 Å². The van der Waals surface area contributed by atoms with Crippen LogP contribution < -0.4 is 16.0 Å². The first kappa shape index (κ1) is 24.8. The Balaban J connectivity index is 1.57. The van der Waals surface area contributed by atoms with Crippen LogP contribution in [0, 0.1) is 0 Å². The highest BCUT2D eigenvalue weighted by Gasteiger charge is 2.29. The number of rotatable bonds is 11. The summed E-state index contributed by atoms with van der Waals surface area (Å²) in [6, 6.07) is 15.1. The van der Waals surface area contributed by atoms with Crippen molar-refractivity contribution in [2.75, 3.05) is 19.7 Å². The van der Waals surface area contributed by atoms with E-state index in [4.69, 9.17) is 9.84 Å². The molecule has 180 valence electrons. The highest BCUT2D eigenvalue weighted by atomic mass is 16.5. The van der Waals surface area contributed by atoms with Crippen molar-refractivity contribution < 1.29 is 29.0 Å². The number of nitrogens with one attached hydrogen (secondary N) is 3. The summed E-state index contributed by atoms with van der Waals surface area (Å²) >= 11 is 0. The van der Waals surface area contributed by atoms with Gasteiger partial charge in [-0.15, -0.1) is 0 Å². The average Bonchev–Trinajstić information content (AvgIpc) is 3.16. The number of fused-ring (bicyclic) bond motifs is 3. The molecule has 0 heterocycles. The Hall–Kier alpha value is -3.88. The zero-order valence-electron chi connectivity index (χ0n) is 19.0. The Bertz CT molecular complexity index is 1010. The molecule has 2 aromatic carbocycles. The molecule has 0 aliphatic heterocycles. The molecule has 3 amide bonds. The zero-order valence-corrected chi connectivity index (χ0v) is 19.0. The standard InChI is InChI=1S/C25H29N3O6/c1-2-3-12-21(24(32)27-13-22(29)26-14-23(30)31)28-25(33)34-15-20-18-10-6-4-8-16(18)17-9-5-7-11-19(17)20/h4-11,20-21H,2-3,12-15H2,1H3,(H,26,29)(H,27,32)(H,28,33)(H,30,31)/t21-/m0/s1. The minimum Gasteiger partial charge on any atom is -0.480 e. The first-order chi connectivity index (χ1) is 16.4. The highest BCUT2D eigenvalue weighted by molar-refractivity contribution is 5.90. The molecule has 1 aliphatic carbocycles. The van der Waals surface area contributed by atoms with E-state index in [0.29, 0.717) is 12.8 Å². The van der Waals surface area contributed by atoms with Crippen molar-refractivity contribution in [3.63, 3.8) is 0 Å². The lowest BCUT2D eigenvalue weighted by molar-refractivity contribution is -0.137. The summed E-state index contributed by atoms with van der Waals surface area (Å²) in [6.07, 6.45) is 1.17. The normalized spacial score (nSPS) is 12.7. The van der Waals surface area contributed by atoms with Crippen LogP contribution in [0.4, 0.5) is 4.79 Å². The lowest BCUT2D eigenvalue weighted by Gasteiger charge is -2.19. The largest absolute Gasteiger partial charge is 0.480 e. The van der Waals surface area contributed by atoms with Gasteiger partial charge in [0, 0.05) is 5.92 Å². The minimum atomic E-state index is -1.18. The van der Waals surface area contributed by atoms with Crippen LogP contribution in [0.2, 0.25) is 0 Å². The minimum absolute atomic E-state index is 0.0981. The second-order valence-corrected chi connectivity index (χ2v) is 8.05. The Morgan fingerprint density at radius 3 is 2.15 bits per heavy atom. The number of carbonyl (C=O) groups is 4. The van der Waals surface area contributed by atoms with Crippen molar-refractivity contribution in [3.8, 4) is 11.1 Å². The molecule has 0 bridgehead atoms. The van der Waals surface area contributed by atoms with Gasteiger partial charge in [0.05, 0.1) is 6.54 Å². The topological polar surface area (TPSA) is 134 Å². The SMILES string of the molecule is CCCC[C@H](NC(=O)OCC1c2ccccc2-c2ccccc21)C(=O)NCC(=O)NCC(=O)O. The summed E-state index contributed by atoms with van der Waals surface area (Å²) < 4.78 is 5.52. The van der Waals surface area contributed by atoms with E-state index in [2.05, 4.69) is 16.0 Å². The third-order valence-electron chi connectivity index (χ3n) is 5.66. The fourth-order valence-electron chi connectivity index (χ4n) is 3.99. The van der Waals surface area contributed by atoms with Gasteiger partial charge < -0.3 is 25.8 Å². The van der Waals surface area contributed by atoms with Crippen molar-refractivity contribution in [2.45, 2.75) is 38.1 Å². The molecule has 3 rings (SSSR count). The van der Waals surface area contributed by atoms with Crippen LogP contribution in [-0.4, -0.2) is 54.7 Å². The molecule has 0 unspecified atom stereocenters. The van der Waals surface area contributed by atoms with E-state index in [0.717, 1.165) is 28.7 Å². The smallest absolute Gasteiger partial charge is 0.407 e. The van der Waals surface area contributed by atoms with E-state index < -0.39 is 36.5 Å².